The topological polar surface area (TPSA) is 38.3 Å². The molecule has 0 spiro atoms. The van der Waals surface area contributed by atoms with Gasteiger partial charge in [0.05, 0.1) is 11.5 Å². The fourth-order valence-electron chi connectivity index (χ4n) is 4.37. The maximum Gasteiger partial charge on any atom is 0.235 e. The Labute approximate surface area is 179 Å². The molecular formula is C25H32ClNO2. The van der Waals surface area contributed by atoms with Crippen molar-refractivity contribution in [3.8, 4) is 5.75 Å². The van der Waals surface area contributed by atoms with Crippen LogP contribution in [0.15, 0.2) is 36.4 Å². The Kier molecular flexibility index (Phi) is 6.89. The molecule has 1 aliphatic carbocycles. The summed E-state index contributed by atoms with van der Waals surface area (Å²) in [5, 5.41) is 3.88. The summed E-state index contributed by atoms with van der Waals surface area (Å²) in [6.45, 7) is 8.25. The molecule has 0 heterocycles. The zero-order valence-electron chi connectivity index (χ0n) is 18.0. The minimum Gasteiger partial charge on any atom is -0.490 e. The number of carbonyl (C=O) groups excluding carboxylic acids is 1. The first kappa shape index (κ1) is 21.7. The molecule has 1 saturated carbocycles. The van der Waals surface area contributed by atoms with E-state index in [1.54, 1.807) is 0 Å². The molecule has 2 aromatic rings. The number of halogens is 1. The highest BCUT2D eigenvalue weighted by Crippen LogP contribution is 2.43. The van der Waals surface area contributed by atoms with Crippen molar-refractivity contribution in [3.05, 3.63) is 58.1 Å². The molecule has 29 heavy (non-hydrogen) atoms. The molecule has 3 nitrogen and oxygen atoms in total. The second-order valence-electron chi connectivity index (χ2n) is 8.35. The molecule has 1 amide bonds. The van der Waals surface area contributed by atoms with E-state index in [9.17, 15) is 4.79 Å². The van der Waals surface area contributed by atoms with Gasteiger partial charge < -0.3 is 10.1 Å². The Morgan fingerprint density at radius 3 is 2.34 bits per heavy atom. The van der Waals surface area contributed by atoms with Gasteiger partial charge in [0.25, 0.3) is 0 Å². The van der Waals surface area contributed by atoms with Gasteiger partial charge in [-0.1, -0.05) is 56.0 Å². The second kappa shape index (κ2) is 9.21. The summed E-state index contributed by atoms with van der Waals surface area (Å²) >= 11 is 6.53. The average Bonchev–Trinajstić information content (AvgIpc) is 2.71. The summed E-state index contributed by atoms with van der Waals surface area (Å²) in [5.41, 5.74) is 3.28. The number of anilines is 1. The Bertz CT molecular complexity index is 848. The number of benzene rings is 2. The van der Waals surface area contributed by atoms with Crippen molar-refractivity contribution in [1.29, 1.82) is 0 Å². The lowest BCUT2D eigenvalue weighted by molar-refractivity contribution is -0.122. The van der Waals surface area contributed by atoms with Crippen LogP contribution in [0.25, 0.3) is 0 Å². The van der Waals surface area contributed by atoms with Crippen LogP contribution in [0.1, 0.15) is 69.1 Å². The van der Waals surface area contributed by atoms with Crippen LogP contribution in [0.5, 0.6) is 5.75 Å². The van der Waals surface area contributed by atoms with Crippen molar-refractivity contribution in [2.45, 2.75) is 77.7 Å². The van der Waals surface area contributed by atoms with Gasteiger partial charge in [-0.3, -0.25) is 4.79 Å². The molecule has 1 atom stereocenters. The summed E-state index contributed by atoms with van der Waals surface area (Å²) in [6.07, 6.45) is 6.03. The van der Waals surface area contributed by atoms with E-state index < -0.39 is 5.41 Å². The van der Waals surface area contributed by atoms with Gasteiger partial charge in [-0.05, 0) is 74.9 Å². The van der Waals surface area contributed by atoms with Crippen molar-refractivity contribution in [2.75, 3.05) is 5.32 Å². The van der Waals surface area contributed by atoms with Crippen molar-refractivity contribution in [3.63, 3.8) is 0 Å². The van der Waals surface area contributed by atoms with Crippen LogP contribution in [-0.2, 0) is 10.2 Å². The lowest BCUT2D eigenvalue weighted by Crippen LogP contribution is -2.42. The van der Waals surface area contributed by atoms with Gasteiger partial charge in [0.2, 0.25) is 5.91 Å². The first-order chi connectivity index (χ1) is 13.9. The molecule has 2 aromatic carbocycles. The first-order valence-corrected chi connectivity index (χ1v) is 11.1. The minimum atomic E-state index is -0.565. The SMILES string of the molecule is CC[C@@H](C)Oc1c(C)cc(NC(=O)C2(c3ccccc3Cl)CCCCC2)cc1C. The standard InChI is InChI=1S/C25H32ClNO2/c1-5-19(4)29-23-17(2)15-20(16-18(23)3)27-24(28)25(13-9-6-10-14-25)21-11-7-8-12-22(21)26/h7-8,11-12,15-16,19H,5-6,9-10,13-14H2,1-4H3,(H,27,28)/t19-/m1/s1. The monoisotopic (exact) mass is 413 g/mol. The summed E-state index contributed by atoms with van der Waals surface area (Å²) in [7, 11) is 0. The Balaban J connectivity index is 1.90. The third-order valence-electron chi connectivity index (χ3n) is 6.14. The molecule has 3 rings (SSSR count). The third-order valence-corrected chi connectivity index (χ3v) is 6.47. The van der Waals surface area contributed by atoms with E-state index in [4.69, 9.17) is 16.3 Å². The fraction of sp³-hybridized carbons (Fsp3) is 0.480. The number of hydrogen-bond donors (Lipinski definition) is 1. The average molecular weight is 414 g/mol. The van der Waals surface area contributed by atoms with Gasteiger partial charge in [-0.15, -0.1) is 0 Å². The summed E-state index contributed by atoms with van der Waals surface area (Å²) < 4.78 is 6.08. The number of hydrogen-bond acceptors (Lipinski definition) is 2. The molecule has 156 valence electrons. The first-order valence-electron chi connectivity index (χ1n) is 10.7. The summed E-state index contributed by atoms with van der Waals surface area (Å²) in [5.74, 6) is 0.954. The minimum absolute atomic E-state index is 0.0414. The lowest BCUT2D eigenvalue weighted by atomic mass is 9.68. The molecule has 0 aliphatic heterocycles. The maximum absolute atomic E-state index is 13.6. The quantitative estimate of drug-likeness (QED) is 0.554. The van der Waals surface area contributed by atoms with Gasteiger partial charge in [-0.2, -0.15) is 0 Å². The van der Waals surface area contributed by atoms with E-state index >= 15 is 0 Å². The van der Waals surface area contributed by atoms with Crippen LogP contribution in [0.3, 0.4) is 0 Å². The van der Waals surface area contributed by atoms with E-state index in [1.807, 2.05) is 50.2 Å². The molecule has 4 heteroatoms. The normalized spacial score (nSPS) is 16.9. The third kappa shape index (κ3) is 4.61. The van der Waals surface area contributed by atoms with Gasteiger partial charge in [0.15, 0.2) is 0 Å². The molecule has 1 aliphatic rings. The molecule has 1 fully saturated rings. The van der Waals surface area contributed by atoms with Gasteiger partial charge in [-0.25, -0.2) is 0 Å². The van der Waals surface area contributed by atoms with Crippen LogP contribution in [-0.4, -0.2) is 12.0 Å². The van der Waals surface area contributed by atoms with Crippen LogP contribution >= 0.6 is 11.6 Å². The molecule has 0 bridgehead atoms. The molecule has 1 N–H and O–H groups in total. The smallest absolute Gasteiger partial charge is 0.235 e. The van der Waals surface area contributed by atoms with Crippen LogP contribution in [0.4, 0.5) is 5.69 Å². The zero-order valence-corrected chi connectivity index (χ0v) is 18.7. The summed E-state index contributed by atoms with van der Waals surface area (Å²) in [6, 6.07) is 11.8. The highest BCUT2D eigenvalue weighted by atomic mass is 35.5. The summed E-state index contributed by atoms with van der Waals surface area (Å²) in [4.78, 5) is 13.6. The van der Waals surface area contributed by atoms with E-state index in [0.717, 1.165) is 60.2 Å². The number of ether oxygens (including phenoxy) is 1. The Hall–Kier alpha value is -2.00. The van der Waals surface area contributed by atoms with Crippen LogP contribution in [0.2, 0.25) is 5.02 Å². The van der Waals surface area contributed by atoms with Crippen molar-refractivity contribution >= 4 is 23.2 Å². The molecule has 0 saturated heterocycles. The van der Waals surface area contributed by atoms with E-state index in [1.165, 1.54) is 6.42 Å². The Morgan fingerprint density at radius 2 is 1.76 bits per heavy atom. The van der Waals surface area contributed by atoms with Gasteiger partial charge >= 0.3 is 0 Å². The number of carbonyl (C=O) groups is 1. The van der Waals surface area contributed by atoms with E-state index in [2.05, 4.69) is 19.2 Å². The van der Waals surface area contributed by atoms with E-state index in [-0.39, 0.29) is 12.0 Å². The van der Waals surface area contributed by atoms with Crippen LogP contribution < -0.4 is 10.1 Å². The highest BCUT2D eigenvalue weighted by Gasteiger charge is 2.42. The number of nitrogens with one attached hydrogen (secondary N) is 1. The number of aryl methyl sites for hydroxylation is 2. The van der Waals surface area contributed by atoms with Gasteiger partial charge in [0, 0.05) is 10.7 Å². The lowest BCUT2D eigenvalue weighted by Gasteiger charge is -2.37. The number of amides is 1. The molecular weight excluding hydrogens is 382 g/mol. The predicted octanol–water partition coefficient (Wildman–Crippen LogP) is 6.97. The van der Waals surface area contributed by atoms with Crippen molar-refractivity contribution in [1.82, 2.24) is 0 Å². The molecule has 0 unspecified atom stereocenters. The largest absolute Gasteiger partial charge is 0.490 e. The van der Waals surface area contributed by atoms with E-state index in [0.29, 0.717) is 5.02 Å². The second-order valence-corrected chi connectivity index (χ2v) is 8.76. The van der Waals surface area contributed by atoms with Crippen molar-refractivity contribution in [2.24, 2.45) is 0 Å². The molecule has 0 aromatic heterocycles. The molecule has 0 radical (unpaired) electrons. The Morgan fingerprint density at radius 1 is 1.14 bits per heavy atom. The zero-order chi connectivity index (χ0) is 21.0. The highest BCUT2D eigenvalue weighted by molar-refractivity contribution is 6.31. The fourth-order valence-corrected chi connectivity index (χ4v) is 4.68. The number of rotatable bonds is 6. The van der Waals surface area contributed by atoms with Crippen LogP contribution in [0, 0.1) is 13.8 Å². The van der Waals surface area contributed by atoms with Gasteiger partial charge in [0.1, 0.15) is 5.75 Å². The maximum atomic E-state index is 13.6. The predicted molar refractivity (Wildman–Crippen MR) is 121 cm³/mol. The van der Waals surface area contributed by atoms with Crippen molar-refractivity contribution < 1.29 is 9.53 Å².